The molecule has 7 nitrogen and oxygen atoms in total. The van der Waals surface area contributed by atoms with Crippen molar-refractivity contribution >= 4 is 9.84 Å². The molecule has 3 rings (SSSR count). The van der Waals surface area contributed by atoms with Crippen LogP contribution in [0.5, 0.6) is 0 Å². The molecule has 1 saturated heterocycles. The average molecular weight is 372 g/mol. The molecule has 0 unspecified atom stereocenters. The second-order valence-corrected chi connectivity index (χ2v) is 9.13. The third kappa shape index (κ3) is 4.61. The monoisotopic (exact) mass is 371 g/mol. The van der Waals surface area contributed by atoms with Gasteiger partial charge < -0.3 is 14.4 Å². The van der Waals surface area contributed by atoms with Crippen LogP contribution in [0.25, 0.3) is 0 Å². The quantitative estimate of drug-likeness (QED) is 0.699. The summed E-state index contributed by atoms with van der Waals surface area (Å²) < 4.78 is 32.4. The topological polar surface area (TPSA) is 84.7 Å². The molecular weight excluding hydrogens is 342 g/mol. The SMILES string of the molecule is COCCn1c(CN2CCCC[C@@H]2CO)cnc1S(=O)(=O)CC1CC1. The third-order valence-electron chi connectivity index (χ3n) is 5.18. The lowest BCUT2D eigenvalue weighted by Gasteiger charge is -2.34. The van der Waals surface area contributed by atoms with E-state index in [0.29, 0.717) is 25.6 Å². The molecule has 25 heavy (non-hydrogen) atoms. The molecule has 1 atom stereocenters. The van der Waals surface area contributed by atoms with Crippen LogP contribution >= 0.6 is 0 Å². The van der Waals surface area contributed by atoms with Crippen molar-refractivity contribution in [1.29, 1.82) is 0 Å². The smallest absolute Gasteiger partial charge is 0.227 e. The van der Waals surface area contributed by atoms with E-state index in [4.69, 9.17) is 4.74 Å². The Morgan fingerprint density at radius 2 is 2.12 bits per heavy atom. The summed E-state index contributed by atoms with van der Waals surface area (Å²) in [5.41, 5.74) is 0.881. The van der Waals surface area contributed by atoms with Gasteiger partial charge in [0, 0.05) is 26.2 Å². The molecule has 0 spiro atoms. The van der Waals surface area contributed by atoms with Crippen molar-refractivity contribution in [3.8, 4) is 0 Å². The van der Waals surface area contributed by atoms with E-state index in [2.05, 4.69) is 9.88 Å². The zero-order chi connectivity index (χ0) is 17.9. The predicted molar refractivity (Wildman–Crippen MR) is 94.0 cm³/mol. The molecule has 2 aliphatic rings. The molecule has 1 saturated carbocycles. The molecular formula is C17H29N3O4S. The normalized spacial score (nSPS) is 22.4. The fraction of sp³-hybridized carbons (Fsp3) is 0.824. The number of hydrogen-bond acceptors (Lipinski definition) is 6. The summed E-state index contributed by atoms with van der Waals surface area (Å²) in [5, 5.41) is 9.78. The highest BCUT2D eigenvalue weighted by atomic mass is 32.2. The van der Waals surface area contributed by atoms with Crippen molar-refractivity contribution in [3.05, 3.63) is 11.9 Å². The van der Waals surface area contributed by atoms with E-state index < -0.39 is 9.84 Å². The second kappa shape index (κ2) is 8.16. The summed E-state index contributed by atoms with van der Waals surface area (Å²) in [7, 11) is -1.76. The van der Waals surface area contributed by atoms with Gasteiger partial charge in [-0.15, -0.1) is 0 Å². The lowest BCUT2D eigenvalue weighted by Crippen LogP contribution is -2.41. The van der Waals surface area contributed by atoms with Gasteiger partial charge >= 0.3 is 0 Å². The molecule has 142 valence electrons. The van der Waals surface area contributed by atoms with E-state index in [-0.39, 0.29) is 23.6 Å². The van der Waals surface area contributed by atoms with E-state index in [1.165, 1.54) is 0 Å². The van der Waals surface area contributed by atoms with Gasteiger partial charge in [0.2, 0.25) is 15.0 Å². The van der Waals surface area contributed by atoms with Gasteiger partial charge in [-0.25, -0.2) is 13.4 Å². The molecule has 0 amide bonds. The summed E-state index contributed by atoms with van der Waals surface area (Å²) in [6, 6.07) is 0.144. The first-order chi connectivity index (χ1) is 12.0. The summed E-state index contributed by atoms with van der Waals surface area (Å²) in [6.07, 6.45) is 6.89. The number of aromatic nitrogens is 2. The van der Waals surface area contributed by atoms with Crippen LogP contribution in [-0.2, 0) is 27.7 Å². The Hall–Kier alpha value is -0.960. The Labute approximate surface area is 149 Å². The first-order valence-corrected chi connectivity index (χ1v) is 10.8. The number of imidazole rings is 1. The number of piperidine rings is 1. The zero-order valence-electron chi connectivity index (χ0n) is 14.9. The highest BCUT2D eigenvalue weighted by Gasteiger charge is 2.33. The summed E-state index contributed by atoms with van der Waals surface area (Å²) in [4.78, 5) is 6.51. The Kier molecular flexibility index (Phi) is 6.14. The minimum absolute atomic E-state index is 0.138. The van der Waals surface area contributed by atoms with Gasteiger partial charge in [-0.3, -0.25) is 4.90 Å². The van der Waals surface area contributed by atoms with Gasteiger partial charge in [-0.1, -0.05) is 6.42 Å². The zero-order valence-corrected chi connectivity index (χ0v) is 15.7. The molecule has 1 aliphatic carbocycles. The Morgan fingerprint density at radius 1 is 1.32 bits per heavy atom. The fourth-order valence-corrected chi connectivity index (χ4v) is 5.40. The minimum atomic E-state index is -3.37. The van der Waals surface area contributed by atoms with Crippen molar-refractivity contribution in [2.45, 2.75) is 56.4 Å². The van der Waals surface area contributed by atoms with Crippen molar-refractivity contribution in [2.24, 2.45) is 5.92 Å². The standard InChI is InChI=1S/C17H29N3O4S/c1-24-9-8-20-16(11-19-7-3-2-4-15(19)12-21)10-18-17(20)25(22,23)13-14-5-6-14/h10,14-15,21H,2-9,11-13H2,1H3/t15-/m1/s1. The van der Waals surface area contributed by atoms with E-state index in [9.17, 15) is 13.5 Å². The molecule has 0 radical (unpaired) electrons. The van der Waals surface area contributed by atoms with Crippen LogP contribution in [0.2, 0.25) is 0 Å². The molecule has 8 heteroatoms. The maximum absolute atomic E-state index is 12.7. The van der Waals surface area contributed by atoms with Crippen LogP contribution in [0.15, 0.2) is 11.4 Å². The summed E-state index contributed by atoms with van der Waals surface area (Å²) in [5.74, 6) is 0.487. The number of ether oxygens (including phenoxy) is 1. The molecule has 1 aliphatic heterocycles. The lowest BCUT2D eigenvalue weighted by atomic mass is 10.0. The minimum Gasteiger partial charge on any atom is -0.395 e. The van der Waals surface area contributed by atoms with Crippen LogP contribution in [0.4, 0.5) is 0 Å². The van der Waals surface area contributed by atoms with E-state index in [1.807, 2.05) is 0 Å². The van der Waals surface area contributed by atoms with Crippen molar-refractivity contribution in [1.82, 2.24) is 14.5 Å². The van der Waals surface area contributed by atoms with Crippen LogP contribution in [0.3, 0.4) is 0 Å². The van der Waals surface area contributed by atoms with Gasteiger partial charge in [0.25, 0.3) is 0 Å². The molecule has 1 aromatic rings. The number of likely N-dealkylation sites (tertiary alicyclic amines) is 1. The Bertz CT molecular complexity index is 669. The van der Waals surface area contributed by atoms with Crippen LogP contribution < -0.4 is 0 Å². The number of aliphatic hydroxyl groups is 1. The third-order valence-corrected chi connectivity index (χ3v) is 6.97. The number of rotatable bonds is 9. The number of hydrogen-bond donors (Lipinski definition) is 1. The molecule has 0 aromatic carbocycles. The summed E-state index contributed by atoms with van der Waals surface area (Å²) in [6.45, 7) is 2.59. The molecule has 2 heterocycles. The van der Waals surface area contributed by atoms with Crippen LogP contribution in [0, 0.1) is 5.92 Å². The van der Waals surface area contributed by atoms with Crippen molar-refractivity contribution < 1.29 is 18.3 Å². The first-order valence-electron chi connectivity index (χ1n) is 9.16. The van der Waals surface area contributed by atoms with Gasteiger partial charge in [0.05, 0.1) is 30.9 Å². The predicted octanol–water partition coefficient (Wildman–Crippen LogP) is 1.06. The number of sulfone groups is 1. The fourth-order valence-electron chi connectivity index (χ4n) is 3.54. The highest BCUT2D eigenvalue weighted by molar-refractivity contribution is 7.91. The highest BCUT2D eigenvalue weighted by Crippen LogP contribution is 2.32. The van der Waals surface area contributed by atoms with Crippen molar-refractivity contribution in [2.75, 3.05) is 32.6 Å². The summed E-state index contributed by atoms with van der Waals surface area (Å²) >= 11 is 0. The number of nitrogens with zero attached hydrogens (tertiary/aromatic N) is 3. The Morgan fingerprint density at radius 3 is 2.80 bits per heavy atom. The van der Waals surface area contributed by atoms with E-state index in [1.54, 1.807) is 17.9 Å². The van der Waals surface area contributed by atoms with Gasteiger partial charge in [-0.2, -0.15) is 0 Å². The molecule has 2 fully saturated rings. The van der Waals surface area contributed by atoms with Gasteiger partial charge in [0.1, 0.15) is 0 Å². The maximum Gasteiger partial charge on any atom is 0.227 e. The molecule has 1 N–H and O–H groups in total. The number of aliphatic hydroxyl groups excluding tert-OH is 1. The van der Waals surface area contributed by atoms with Crippen LogP contribution in [-0.4, -0.2) is 66.6 Å². The van der Waals surface area contributed by atoms with E-state index in [0.717, 1.165) is 44.3 Å². The van der Waals surface area contributed by atoms with Crippen molar-refractivity contribution in [3.63, 3.8) is 0 Å². The molecule has 0 bridgehead atoms. The average Bonchev–Trinajstić information content (AvgIpc) is 3.30. The maximum atomic E-state index is 12.7. The molecule has 1 aromatic heterocycles. The Balaban J connectivity index is 1.82. The lowest BCUT2D eigenvalue weighted by molar-refractivity contribution is 0.0812. The first kappa shape index (κ1) is 18.8. The number of methoxy groups -OCH3 is 1. The van der Waals surface area contributed by atoms with E-state index >= 15 is 0 Å². The van der Waals surface area contributed by atoms with Crippen LogP contribution in [0.1, 0.15) is 37.8 Å². The largest absolute Gasteiger partial charge is 0.395 e. The van der Waals surface area contributed by atoms with Gasteiger partial charge in [-0.05, 0) is 38.1 Å². The second-order valence-electron chi connectivity index (χ2n) is 7.20. The van der Waals surface area contributed by atoms with Gasteiger partial charge in [0.15, 0.2) is 0 Å².